The first-order chi connectivity index (χ1) is 12.6. The molecule has 0 spiro atoms. The lowest BCUT2D eigenvalue weighted by Gasteiger charge is -2.15. The molecule has 4 heteroatoms. The minimum absolute atomic E-state index is 0.822. The van der Waals surface area contributed by atoms with Gasteiger partial charge in [-0.2, -0.15) is 0 Å². The van der Waals surface area contributed by atoms with Crippen LogP contribution in [0.3, 0.4) is 0 Å². The van der Waals surface area contributed by atoms with E-state index in [-0.39, 0.29) is 0 Å². The van der Waals surface area contributed by atoms with Crippen molar-refractivity contribution >= 4 is 39.6 Å². The normalized spacial score (nSPS) is 15.5. The number of methoxy groups -OCH3 is 1. The second-order valence-corrected chi connectivity index (χ2v) is 7.45. The molecule has 0 unspecified atom stereocenters. The molecule has 0 N–H and O–H groups in total. The molecule has 1 aromatic heterocycles. The summed E-state index contributed by atoms with van der Waals surface area (Å²) >= 11 is 1.76. The van der Waals surface area contributed by atoms with E-state index in [0.29, 0.717) is 0 Å². The van der Waals surface area contributed by atoms with Gasteiger partial charge in [0.05, 0.1) is 17.7 Å². The van der Waals surface area contributed by atoms with Gasteiger partial charge in [-0.1, -0.05) is 30.8 Å². The van der Waals surface area contributed by atoms with E-state index in [1.54, 1.807) is 18.9 Å². The van der Waals surface area contributed by atoms with Crippen LogP contribution in [0.1, 0.15) is 23.6 Å². The standard InChI is InChI=1S/C22H22N2OS/c1-5-17-16(13-20-24(3)9-10-26-20)11-14(2)21-18(17)12-15-7-6-8-19(25-4)22(15)23-21/h6-13H,5H2,1-4H3. The highest BCUT2D eigenvalue weighted by Gasteiger charge is 2.14. The predicted octanol–water partition coefficient (Wildman–Crippen LogP) is 5.72. The number of hydrogen-bond acceptors (Lipinski definition) is 4. The minimum atomic E-state index is 0.822. The van der Waals surface area contributed by atoms with E-state index in [0.717, 1.165) is 28.6 Å². The highest BCUT2D eigenvalue weighted by Crippen LogP contribution is 2.35. The van der Waals surface area contributed by atoms with Gasteiger partial charge in [-0.05, 0) is 59.7 Å². The van der Waals surface area contributed by atoms with Gasteiger partial charge in [0.2, 0.25) is 0 Å². The molecule has 0 radical (unpaired) electrons. The van der Waals surface area contributed by atoms with Crippen molar-refractivity contribution in [2.45, 2.75) is 20.3 Å². The van der Waals surface area contributed by atoms with Crippen molar-refractivity contribution in [3.05, 3.63) is 63.7 Å². The van der Waals surface area contributed by atoms with Crippen molar-refractivity contribution < 1.29 is 4.74 Å². The van der Waals surface area contributed by atoms with E-state index >= 15 is 0 Å². The van der Waals surface area contributed by atoms with Gasteiger partial charge in [0, 0.05) is 24.0 Å². The molecule has 0 saturated carbocycles. The van der Waals surface area contributed by atoms with E-state index in [2.05, 4.69) is 61.7 Å². The van der Waals surface area contributed by atoms with E-state index in [4.69, 9.17) is 9.72 Å². The summed E-state index contributed by atoms with van der Waals surface area (Å²) in [5.41, 5.74) is 5.80. The summed E-state index contributed by atoms with van der Waals surface area (Å²) in [5.74, 6) is 0.822. The monoisotopic (exact) mass is 362 g/mol. The molecule has 3 nitrogen and oxygen atoms in total. The third kappa shape index (κ3) is 2.74. The molecular formula is C22H22N2OS. The summed E-state index contributed by atoms with van der Waals surface area (Å²) in [6, 6.07) is 10.6. The number of ether oxygens (including phenoxy) is 1. The van der Waals surface area contributed by atoms with Crippen LogP contribution in [-0.4, -0.2) is 24.0 Å². The largest absolute Gasteiger partial charge is 0.494 e. The molecule has 2 aromatic carbocycles. The number of fused-ring (bicyclic) bond motifs is 2. The van der Waals surface area contributed by atoms with Gasteiger partial charge in [0.1, 0.15) is 11.3 Å². The van der Waals surface area contributed by atoms with Gasteiger partial charge < -0.3 is 9.64 Å². The average Bonchev–Trinajstić information content (AvgIpc) is 3.05. The summed E-state index contributed by atoms with van der Waals surface area (Å²) in [6.07, 6.45) is 5.35. The molecule has 0 atom stereocenters. The zero-order valence-corrected chi connectivity index (χ0v) is 16.4. The predicted molar refractivity (Wildman–Crippen MR) is 112 cm³/mol. The lowest BCUT2D eigenvalue weighted by Crippen LogP contribution is -2.03. The number of rotatable bonds is 3. The molecule has 0 aliphatic carbocycles. The molecule has 2 heterocycles. The molecule has 0 fully saturated rings. The van der Waals surface area contributed by atoms with Crippen LogP contribution in [-0.2, 0) is 6.42 Å². The Hall–Kier alpha value is -2.46. The molecule has 4 rings (SSSR count). The Labute approximate surface area is 158 Å². The maximum Gasteiger partial charge on any atom is 0.145 e. The molecular weight excluding hydrogens is 340 g/mol. The summed E-state index contributed by atoms with van der Waals surface area (Å²) < 4.78 is 5.51. The van der Waals surface area contributed by atoms with Crippen molar-refractivity contribution in [2.24, 2.45) is 0 Å². The fraction of sp³-hybridized carbons (Fsp3) is 0.227. The second-order valence-electron chi connectivity index (χ2n) is 6.53. The Kier molecular flexibility index (Phi) is 4.37. The van der Waals surface area contributed by atoms with Crippen LogP contribution in [0.4, 0.5) is 0 Å². The first-order valence-corrected chi connectivity index (χ1v) is 9.68. The van der Waals surface area contributed by atoms with Crippen LogP contribution in [0.2, 0.25) is 0 Å². The van der Waals surface area contributed by atoms with Gasteiger partial charge in [-0.25, -0.2) is 4.98 Å². The molecule has 132 valence electrons. The van der Waals surface area contributed by atoms with E-state index in [9.17, 15) is 0 Å². The van der Waals surface area contributed by atoms with Crippen LogP contribution in [0.15, 0.2) is 47.0 Å². The van der Waals surface area contributed by atoms with E-state index < -0.39 is 0 Å². The quantitative estimate of drug-likeness (QED) is 0.557. The maximum atomic E-state index is 5.51. The fourth-order valence-corrected chi connectivity index (χ4v) is 4.36. The van der Waals surface area contributed by atoms with Gasteiger partial charge in [-0.15, -0.1) is 0 Å². The smallest absolute Gasteiger partial charge is 0.145 e. The van der Waals surface area contributed by atoms with Crippen LogP contribution >= 0.6 is 11.8 Å². The molecule has 1 aliphatic rings. The molecule has 1 aliphatic heterocycles. The van der Waals surface area contributed by atoms with Crippen LogP contribution in [0, 0.1) is 6.92 Å². The van der Waals surface area contributed by atoms with Crippen molar-refractivity contribution in [3.63, 3.8) is 0 Å². The van der Waals surface area contributed by atoms with Gasteiger partial charge in [-0.3, -0.25) is 0 Å². The van der Waals surface area contributed by atoms with Crippen LogP contribution in [0.25, 0.3) is 27.9 Å². The number of aryl methyl sites for hydroxylation is 2. The molecule has 0 amide bonds. The molecule has 3 aromatic rings. The number of hydrogen-bond donors (Lipinski definition) is 0. The Morgan fingerprint density at radius 1 is 1.23 bits per heavy atom. The Morgan fingerprint density at radius 2 is 2.08 bits per heavy atom. The summed E-state index contributed by atoms with van der Waals surface area (Å²) in [4.78, 5) is 7.13. The third-order valence-corrected chi connectivity index (χ3v) is 5.81. The van der Waals surface area contributed by atoms with Crippen molar-refractivity contribution in [1.29, 1.82) is 0 Å². The Morgan fingerprint density at radius 3 is 2.77 bits per heavy atom. The Bertz CT molecular complexity index is 1070. The lowest BCUT2D eigenvalue weighted by molar-refractivity contribution is 0.419. The highest BCUT2D eigenvalue weighted by atomic mass is 32.2. The highest BCUT2D eigenvalue weighted by molar-refractivity contribution is 8.06. The van der Waals surface area contributed by atoms with Crippen molar-refractivity contribution in [1.82, 2.24) is 9.88 Å². The summed E-state index contributed by atoms with van der Waals surface area (Å²) in [7, 11) is 3.78. The number of para-hydroxylation sites is 1. The molecule has 26 heavy (non-hydrogen) atoms. The number of nitrogens with zero attached hydrogens (tertiary/aromatic N) is 2. The summed E-state index contributed by atoms with van der Waals surface area (Å²) in [5, 5.41) is 5.71. The number of thioether (sulfide) groups is 1. The number of pyridine rings is 1. The van der Waals surface area contributed by atoms with Crippen LogP contribution < -0.4 is 4.74 Å². The van der Waals surface area contributed by atoms with Crippen LogP contribution in [0.5, 0.6) is 5.75 Å². The van der Waals surface area contributed by atoms with Crippen molar-refractivity contribution in [3.8, 4) is 5.75 Å². The Balaban J connectivity index is 2.00. The van der Waals surface area contributed by atoms with E-state index in [1.807, 2.05) is 12.1 Å². The average molecular weight is 362 g/mol. The maximum absolute atomic E-state index is 5.51. The lowest BCUT2D eigenvalue weighted by atomic mass is 9.95. The SMILES string of the molecule is CCc1c(C=C2SC=CN2C)cc(C)c2nc3c(OC)cccc3cc12. The minimum Gasteiger partial charge on any atom is -0.494 e. The first-order valence-electron chi connectivity index (χ1n) is 8.80. The topological polar surface area (TPSA) is 25.4 Å². The van der Waals surface area contributed by atoms with Crippen molar-refractivity contribution in [2.75, 3.05) is 14.2 Å². The van der Waals surface area contributed by atoms with E-state index in [1.165, 1.54) is 27.1 Å². The second kappa shape index (κ2) is 6.69. The molecule has 0 bridgehead atoms. The number of benzene rings is 2. The zero-order chi connectivity index (χ0) is 18.3. The van der Waals surface area contributed by atoms with Gasteiger partial charge >= 0.3 is 0 Å². The fourth-order valence-electron chi connectivity index (χ4n) is 3.55. The molecule has 0 saturated heterocycles. The zero-order valence-electron chi connectivity index (χ0n) is 15.5. The third-order valence-electron chi connectivity index (χ3n) is 4.90. The number of aromatic nitrogens is 1. The summed E-state index contributed by atoms with van der Waals surface area (Å²) in [6.45, 7) is 4.35. The first kappa shape index (κ1) is 17.0. The van der Waals surface area contributed by atoms with Gasteiger partial charge in [0.25, 0.3) is 0 Å². The van der Waals surface area contributed by atoms with Gasteiger partial charge in [0.15, 0.2) is 0 Å².